The Hall–Kier alpha value is -2.23. The minimum absolute atomic E-state index is 0.0541. The molecule has 1 aliphatic carbocycles. The molecule has 0 aliphatic heterocycles. The topological polar surface area (TPSA) is 95.6 Å². The molecular formula is C22H29N3O4S2. The molecule has 1 aromatic carbocycles. The number of hydrogen-bond donors (Lipinski definition) is 2. The highest BCUT2D eigenvalue weighted by Gasteiger charge is 2.28. The van der Waals surface area contributed by atoms with Gasteiger partial charge in [0.1, 0.15) is 0 Å². The van der Waals surface area contributed by atoms with E-state index in [-0.39, 0.29) is 29.2 Å². The number of hydrogen-bond acceptors (Lipinski definition) is 5. The predicted molar refractivity (Wildman–Crippen MR) is 123 cm³/mol. The number of sulfonamides is 1. The van der Waals surface area contributed by atoms with E-state index in [0.717, 1.165) is 25.7 Å². The van der Waals surface area contributed by atoms with Gasteiger partial charge in [-0.25, -0.2) is 8.42 Å². The van der Waals surface area contributed by atoms with Crippen molar-refractivity contribution in [1.82, 2.24) is 9.62 Å². The fraction of sp³-hybridized carbons (Fsp3) is 0.455. The number of nitrogens with zero attached hydrogens (tertiary/aromatic N) is 1. The summed E-state index contributed by atoms with van der Waals surface area (Å²) in [5, 5.41) is 7.40. The molecule has 3 rings (SSSR count). The van der Waals surface area contributed by atoms with Crippen molar-refractivity contribution in [2.75, 3.05) is 18.9 Å². The van der Waals surface area contributed by atoms with Crippen LogP contribution >= 0.6 is 11.3 Å². The molecule has 0 unspecified atom stereocenters. The highest BCUT2D eigenvalue weighted by Crippen LogP contribution is 2.27. The smallest absolute Gasteiger partial charge is 0.261 e. The van der Waals surface area contributed by atoms with E-state index in [1.165, 1.54) is 34.2 Å². The molecule has 168 valence electrons. The standard InChI is InChI=1S/C22H29N3O4S2/c1-25(18-7-3-2-4-8-18)31(28,29)19-13-11-17(12-14-19)24-21(26)10-5-15-23-22(27)20-9-6-16-30-20/h6,9,11-14,16,18H,2-5,7-8,10,15H2,1H3,(H,23,27)(H,24,26). The second kappa shape index (κ2) is 10.9. The lowest BCUT2D eigenvalue weighted by molar-refractivity contribution is -0.116. The van der Waals surface area contributed by atoms with E-state index in [4.69, 9.17) is 0 Å². The van der Waals surface area contributed by atoms with Crippen molar-refractivity contribution in [3.05, 3.63) is 46.7 Å². The van der Waals surface area contributed by atoms with Gasteiger partial charge in [0, 0.05) is 31.7 Å². The Morgan fingerprint density at radius 3 is 2.45 bits per heavy atom. The van der Waals surface area contributed by atoms with Gasteiger partial charge in [-0.1, -0.05) is 25.3 Å². The Balaban J connectivity index is 1.46. The van der Waals surface area contributed by atoms with Crippen molar-refractivity contribution in [1.29, 1.82) is 0 Å². The van der Waals surface area contributed by atoms with E-state index in [1.807, 2.05) is 11.4 Å². The van der Waals surface area contributed by atoms with Gasteiger partial charge in [0.05, 0.1) is 9.77 Å². The maximum absolute atomic E-state index is 12.9. The van der Waals surface area contributed by atoms with E-state index in [9.17, 15) is 18.0 Å². The number of carbonyl (C=O) groups excluding carboxylic acids is 2. The lowest BCUT2D eigenvalue weighted by Crippen LogP contribution is -2.38. The van der Waals surface area contributed by atoms with Gasteiger partial charge in [0.2, 0.25) is 15.9 Å². The molecule has 9 heteroatoms. The van der Waals surface area contributed by atoms with E-state index in [1.54, 1.807) is 25.2 Å². The quantitative estimate of drug-likeness (QED) is 0.552. The van der Waals surface area contributed by atoms with Crippen molar-refractivity contribution in [3.8, 4) is 0 Å². The molecule has 0 radical (unpaired) electrons. The predicted octanol–water partition coefficient (Wildman–Crippen LogP) is 3.85. The van der Waals surface area contributed by atoms with Crippen molar-refractivity contribution in [2.45, 2.75) is 55.9 Å². The highest BCUT2D eigenvalue weighted by atomic mass is 32.2. The summed E-state index contributed by atoms with van der Waals surface area (Å²) < 4.78 is 27.3. The minimum atomic E-state index is -3.55. The SMILES string of the molecule is CN(C1CCCCC1)S(=O)(=O)c1ccc(NC(=O)CCCNC(=O)c2cccs2)cc1. The number of benzene rings is 1. The molecule has 2 N–H and O–H groups in total. The van der Waals surface area contributed by atoms with Gasteiger partial charge in [-0.2, -0.15) is 4.31 Å². The van der Waals surface area contributed by atoms with Gasteiger partial charge >= 0.3 is 0 Å². The molecule has 7 nitrogen and oxygen atoms in total. The fourth-order valence-electron chi connectivity index (χ4n) is 3.69. The number of nitrogens with one attached hydrogen (secondary N) is 2. The van der Waals surface area contributed by atoms with Gasteiger partial charge in [0.15, 0.2) is 0 Å². The van der Waals surface area contributed by atoms with Crippen LogP contribution in [-0.2, 0) is 14.8 Å². The first kappa shape index (κ1) is 23.4. The van der Waals surface area contributed by atoms with Crippen LogP contribution in [0.15, 0.2) is 46.7 Å². The fourth-order valence-corrected chi connectivity index (χ4v) is 5.74. The summed E-state index contributed by atoms with van der Waals surface area (Å²) in [5.41, 5.74) is 0.548. The maximum Gasteiger partial charge on any atom is 0.261 e. The van der Waals surface area contributed by atoms with Gasteiger partial charge < -0.3 is 10.6 Å². The largest absolute Gasteiger partial charge is 0.351 e. The summed E-state index contributed by atoms with van der Waals surface area (Å²) in [6, 6.07) is 9.91. The van der Waals surface area contributed by atoms with Crippen LogP contribution in [0.4, 0.5) is 5.69 Å². The lowest BCUT2D eigenvalue weighted by Gasteiger charge is -2.30. The molecule has 0 bridgehead atoms. The monoisotopic (exact) mass is 463 g/mol. The number of anilines is 1. The highest BCUT2D eigenvalue weighted by molar-refractivity contribution is 7.89. The zero-order valence-corrected chi connectivity index (χ0v) is 19.3. The molecule has 0 spiro atoms. The number of rotatable bonds is 9. The van der Waals surface area contributed by atoms with Crippen LogP contribution in [-0.4, -0.2) is 44.2 Å². The van der Waals surface area contributed by atoms with Crippen LogP contribution in [0.5, 0.6) is 0 Å². The van der Waals surface area contributed by atoms with Gasteiger partial charge in [0.25, 0.3) is 5.91 Å². The average molecular weight is 464 g/mol. The van der Waals surface area contributed by atoms with Crippen molar-refractivity contribution in [2.24, 2.45) is 0 Å². The molecule has 1 heterocycles. The van der Waals surface area contributed by atoms with Crippen LogP contribution in [0.2, 0.25) is 0 Å². The third-order valence-electron chi connectivity index (χ3n) is 5.52. The Morgan fingerprint density at radius 1 is 1.10 bits per heavy atom. The van der Waals surface area contributed by atoms with Crippen molar-refractivity contribution in [3.63, 3.8) is 0 Å². The summed E-state index contributed by atoms with van der Waals surface area (Å²) in [6.45, 7) is 0.412. The first-order chi connectivity index (χ1) is 14.9. The van der Waals surface area contributed by atoms with Crippen molar-refractivity contribution < 1.29 is 18.0 Å². The van der Waals surface area contributed by atoms with E-state index >= 15 is 0 Å². The van der Waals surface area contributed by atoms with Crippen molar-refractivity contribution >= 4 is 38.9 Å². The second-order valence-electron chi connectivity index (χ2n) is 7.72. The lowest BCUT2D eigenvalue weighted by atomic mass is 9.96. The zero-order valence-electron chi connectivity index (χ0n) is 17.7. The molecule has 0 atom stereocenters. The van der Waals surface area contributed by atoms with E-state index in [2.05, 4.69) is 10.6 Å². The second-order valence-corrected chi connectivity index (χ2v) is 10.7. The first-order valence-corrected chi connectivity index (χ1v) is 12.9. The van der Waals surface area contributed by atoms with Crippen LogP contribution in [0, 0.1) is 0 Å². The number of carbonyl (C=O) groups is 2. The summed E-state index contributed by atoms with van der Waals surface area (Å²) in [7, 11) is -1.90. The molecule has 2 amide bonds. The molecule has 2 aromatic rings. The molecule has 31 heavy (non-hydrogen) atoms. The van der Waals surface area contributed by atoms with Crippen LogP contribution < -0.4 is 10.6 Å². The van der Waals surface area contributed by atoms with Crippen LogP contribution in [0.3, 0.4) is 0 Å². The van der Waals surface area contributed by atoms with Crippen LogP contribution in [0.25, 0.3) is 0 Å². The summed E-state index contributed by atoms with van der Waals surface area (Å²) >= 11 is 1.37. The molecule has 1 fully saturated rings. The maximum atomic E-state index is 12.9. The molecule has 1 aliphatic rings. The van der Waals surface area contributed by atoms with Gasteiger partial charge in [-0.15, -0.1) is 11.3 Å². The Kier molecular flexibility index (Phi) is 8.22. The number of thiophene rings is 1. The third-order valence-corrected chi connectivity index (χ3v) is 8.31. The molecular weight excluding hydrogens is 434 g/mol. The third kappa shape index (κ3) is 6.38. The normalized spacial score (nSPS) is 15.0. The Morgan fingerprint density at radius 2 is 1.81 bits per heavy atom. The van der Waals surface area contributed by atoms with E-state index < -0.39 is 10.0 Å². The molecule has 1 saturated carbocycles. The summed E-state index contributed by atoms with van der Waals surface area (Å²) in [5.74, 6) is -0.314. The average Bonchev–Trinajstić information content (AvgIpc) is 3.32. The van der Waals surface area contributed by atoms with Crippen LogP contribution in [0.1, 0.15) is 54.6 Å². The van der Waals surface area contributed by atoms with E-state index in [0.29, 0.717) is 23.5 Å². The molecule has 0 saturated heterocycles. The Bertz CT molecular complexity index is 967. The van der Waals surface area contributed by atoms with Gasteiger partial charge in [-0.3, -0.25) is 9.59 Å². The first-order valence-electron chi connectivity index (χ1n) is 10.6. The van der Waals surface area contributed by atoms with Gasteiger partial charge in [-0.05, 0) is 55.0 Å². The summed E-state index contributed by atoms with van der Waals surface area (Å²) in [6.07, 6.45) is 5.87. The molecule has 1 aromatic heterocycles. The minimum Gasteiger partial charge on any atom is -0.351 e. The Labute approximate surface area is 187 Å². The number of amides is 2. The zero-order chi connectivity index (χ0) is 22.3. The summed E-state index contributed by atoms with van der Waals surface area (Å²) in [4.78, 5) is 24.9.